The maximum Gasteiger partial charge on any atom is 0.167 e. The Labute approximate surface area is 83.2 Å². The fourth-order valence-electron chi connectivity index (χ4n) is 0.883. The summed E-state index contributed by atoms with van der Waals surface area (Å²) in [7, 11) is 1.97. The van der Waals surface area contributed by atoms with Crippen LogP contribution in [-0.4, -0.2) is 26.0 Å². The first kappa shape index (κ1) is 10.6. The number of nitrogens with zero attached hydrogens (tertiary/aromatic N) is 2. The molecule has 3 nitrogen and oxygen atoms in total. The number of hydrogen-bond acceptors (Lipinski definition) is 3. The highest BCUT2D eigenvalue weighted by Crippen LogP contribution is 2.19. The van der Waals surface area contributed by atoms with Crippen molar-refractivity contribution < 1.29 is 5.11 Å². The Morgan fingerprint density at radius 3 is 2.77 bits per heavy atom. The first-order valence-corrected chi connectivity index (χ1v) is 5.30. The standard InChI is InChI=1S/C9H16N2OS/c1-9(2,12)4-7-13-8-10-5-6-11(8)3/h5-6,12H,4,7H2,1-3H3. The van der Waals surface area contributed by atoms with E-state index < -0.39 is 5.60 Å². The topological polar surface area (TPSA) is 38.0 Å². The molecule has 74 valence electrons. The summed E-state index contributed by atoms with van der Waals surface area (Å²) in [4.78, 5) is 4.18. The summed E-state index contributed by atoms with van der Waals surface area (Å²) in [6.07, 6.45) is 4.49. The zero-order chi connectivity index (χ0) is 9.90. The Kier molecular flexibility index (Phi) is 3.39. The Morgan fingerprint density at radius 2 is 2.31 bits per heavy atom. The van der Waals surface area contributed by atoms with Crippen LogP contribution in [0.3, 0.4) is 0 Å². The van der Waals surface area contributed by atoms with E-state index in [1.165, 1.54) is 0 Å². The van der Waals surface area contributed by atoms with Crippen LogP contribution >= 0.6 is 11.8 Å². The maximum atomic E-state index is 9.48. The zero-order valence-corrected chi connectivity index (χ0v) is 9.14. The van der Waals surface area contributed by atoms with Gasteiger partial charge < -0.3 is 9.67 Å². The average Bonchev–Trinajstić information content (AvgIpc) is 2.34. The predicted molar refractivity (Wildman–Crippen MR) is 54.8 cm³/mol. The van der Waals surface area contributed by atoms with Crippen molar-refractivity contribution in [3.8, 4) is 0 Å². The molecule has 0 bridgehead atoms. The van der Waals surface area contributed by atoms with Crippen LogP contribution < -0.4 is 0 Å². The van der Waals surface area contributed by atoms with Gasteiger partial charge >= 0.3 is 0 Å². The number of imidazole rings is 1. The van der Waals surface area contributed by atoms with Crippen molar-refractivity contribution >= 4 is 11.8 Å². The van der Waals surface area contributed by atoms with E-state index in [1.807, 2.05) is 31.7 Å². The quantitative estimate of drug-likeness (QED) is 0.751. The third kappa shape index (κ3) is 3.83. The van der Waals surface area contributed by atoms with Gasteiger partial charge in [0.1, 0.15) is 0 Å². The lowest BCUT2D eigenvalue weighted by Gasteiger charge is -2.15. The molecular weight excluding hydrogens is 184 g/mol. The van der Waals surface area contributed by atoms with Gasteiger partial charge in [0, 0.05) is 25.2 Å². The second-order valence-corrected chi connectivity index (χ2v) is 4.79. The van der Waals surface area contributed by atoms with E-state index in [0.29, 0.717) is 0 Å². The number of hydrogen-bond donors (Lipinski definition) is 1. The minimum absolute atomic E-state index is 0.571. The molecule has 4 heteroatoms. The lowest BCUT2D eigenvalue weighted by molar-refractivity contribution is 0.0777. The van der Waals surface area contributed by atoms with E-state index in [0.717, 1.165) is 17.3 Å². The normalized spacial score (nSPS) is 12.0. The fraction of sp³-hybridized carbons (Fsp3) is 0.667. The SMILES string of the molecule is Cn1ccnc1SCCC(C)(C)O. The summed E-state index contributed by atoms with van der Waals surface area (Å²) in [5, 5.41) is 10.5. The maximum absolute atomic E-state index is 9.48. The highest BCUT2D eigenvalue weighted by Gasteiger charge is 2.12. The molecule has 0 saturated carbocycles. The Bertz CT molecular complexity index is 265. The number of rotatable bonds is 4. The van der Waals surface area contributed by atoms with E-state index in [1.54, 1.807) is 18.0 Å². The fourth-order valence-corrected chi connectivity index (χ4v) is 2.07. The summed E-state index contributed by atoms with van der Waals surface area (Å²) in [5.41, 5.74) is -0.571. The molecule has 0 aromatic carbocycles. The van der Waals surface area contributed by atoms with Crippen LogP contribution in [0.4, 0.5) is 0 Å². The summed E-state index contributed by atoms with van der Waals surface area (Å²) in [6, 6.07) is 0. The average molecular weight is 200 g/mol. The molecular formula is C9H16N2OS. The van der Waals surface area contributed by atoms with E-state index in [9.17, 15) is 5.11 Å². The molecule has 1 heterocycles. The lowest BCUT2D eigenvalue weighted by atomic mass is 10.1. The highest BCUT2D eigenvalue weighted by atomic mass is 32.2. The van der Waals surface area contributed by atoms with Crippen LogP contribution in [0.5, 0.6) is 0 Å². The molecule has 0 saturated heterocycles. The second kappa shape index (κ2) is 4.15. The van der Waals surface area contributed by atoms with Crippen LogP contribution in [0.2, 0.25) is 0 Å². The molecule has 0 aliphatic heterocycles. The van der Waals surface area contributed by atoms with Gasteiger partial charge in [0.2, 0.25) is 0 Å². The molecule has 1 aromatic heterocycles. The molecule has 0 amide bonds. The minimum Gasteiger partial charge on any atom is -0.390 e. The van der Waals surface area contributed by atoms with Crippen LogP contribution in [-0.2, 0) is 7.05 Å². The summed E-state index contributed by atoms with van der Waals surface area (Å²) in [5.74, 6) is 0.897. The molecule has 0 aliphatic rings. The monoisotopic (exact) mass is 200 g/mol. The van der Waals surface area contributed by atoms with Crippen LogP contribution in [0.15, 0.2) is 17.6 Å². The lowest BCUT2D eigenvalue weighted by Crippen LogP contribution is -2.19. The molecule has 13 heavy (non-hydrogen) atoms. The zero-order valence-electron chi connectivity index (χ0n) is 8.32. The van der Waals surface area contributed by atoms with Gasteiger partial charge in [-0.05, 0) is 20.3 Å². The van der Waals surface area contributed by atoms with Crippen molar-refractivity contribution in [3.63, 3.8) is 0 Å². The molecule has 0 aliphatic carbocycles. The van der Waals surface area contributed by atoms with Crippen LogP contribution in [0, 0.1) is 0 Å². The van der Waals surface area contributed by atoms with Gasteiger partial charge in [0.05, 0.1) is 5.60 Å². The predicted octanol–water partition coefficient (Wildman–Crippen LogP) is 1.67. The van der Waals surface area contributed by atoms with Crippen LogP contribution in [0.25, 0.3) is 0 Å². The third-order valence-electron chi connectivity index (χ3n) is 1.72. The van der Waals surface area contributed by atoms with E-state index in [-0.39, 0.29) is 0 Å². The van der Waals surface area contributed by atoms with Gasteiger partial charge in [-0.2, -0.15) is 0 Å². The summed E-state index contributed by atoms with van der Waals surface area (Å²) < 4.78 is 1.98. The molecule has 1 N–H and O–H groups in total. The molecule has 0 spiro atoms. The molecule has 0 atom stereocenters. The first-order valence-electron chi connectivity index (χ1n) is 4.31. The molecule has 1 rings (SSSR count). The second-order valence-electron chi connectivity index (χ2n) is 3.73. The first-order chi connectivity index (χ1) is 5.99. The Hall–Kier alpha value is -0.480. The van der Waals surface area contributed by atoms with Crippen molar-refractivity contribution in [3.05, 3.63) is 12.4 Å². The molecule has 0 fully saturated rings. The summed E-state index contributed by atoms with van der Waals surface area (Å²) in [6.45, 7) is 3.65. The number of thioether (sulfide) groups is 1. The van der Waals surface area contributed by atoms with Crippen molar-refractivity contribution in [1.29, 1.82) is 0 Å². The minimum atomic E-state index is -0.571. The van der Waals surface area contributed by atoms with Gasteiger partial charge in [-0.15, -0.1) is 0 Å². The van der Waals surface area contributed by atoms with Gasteiger partial charge in [-0.1, -0.05) is 11.8 Å². The Balaban J connectivity index is 2.32. The third-order valence-corrected chi connectivity index (χ3v) is 2.78. The van der Waals surface area contributed by atoms with E-state index >= 15 is 0 Å². The van der Waals surface area contributed by atoms with Crippen molar-refractivity contribution in [2.24, 2.45) is 7.05 Å². The Morgan fingerprint density at radius 1 is 1.62 bits per heavy atom. The number of aromatic nitrogens is 2. The van der Waals surface area contributed by atoms with Crippen LogP contribution in [0.1, 0.15) is 20.3 Å². The van der Waals surface area contributed by atoms with Gasteiger partial charge in [-0.3, -0.25) is 0 Å². The van der Waals surface area contributed by atoms with E-state index in [2.05, 4.69) is 4.98 Å². The van der Waals surface area contributed by atoms with Crippen molar-refractivity contribution in [1.82, 2.24) is 9.55 Å². The number of aryl methyl sites for hydroxylation is 1. The van der Waals surface area contributed by atoms with Crippen molar-refractivity contribution in [2.75, 3.05) is 5.75 Å². The summed E-state index contributed by atoms with van der Waals surface area (Å²) >= 11 is 1.67. The van der Waals surface area contributed by atoms with Crippen molar-refractivity contribution in [2.45, 2.75) is 31.0 Å². The molecule has 1 aromatic rings. The molecule has 0 radical (unpaired) electrons. The van der Waals surface area contributed by atoms with E-state index in [4.69, 9.17) is 0 Å². The van der Waals surface area contributed by atoms with Gasteiger partial charge in [0.25, 0.3) is 0 Å². The van der Waals surface area contributed by atoms with Gasteiger partial charge in [0.15, 0.2) is 5.16 Å². The largest absolute Gasteiger partial charge is 0.390 e. The number of aliphatic hydroxyl groups is 1. The molecule has 0 unspecified atom stereocenters. The van der Waals surface area contributed by atoms with Gasteiger partial charge in [-0.25, -0.2) is 4.98 Å². The smallest absolute Gasteiger partial charge is 0.167 e. The highest BCUT2D eigenvalue weighted by molar-refractivity contribution is 7.99.